The third-order valence-corrected chi connectivity index (χ3v) is 5.15. The molecule has 0 bridgehead atoms. The minimum atomic E-state index is -4.82. The first kappa shape index (κ1) is 23.2. The molecule has 4 aromatic rings. The summed E-state index contributed by atoms with van der Waals surface area (Å²) < 4.78 is 57.2. The summed E-state index contributed by atoms with van der Waals surface area (Å²) in [6, 6.07) is 13.0. The van der Waals surface area contributed by atoms with E-state index in [0.29, 0.717) is 6.54 Å². The number of hydrogen-bond acceptors (Lipinski definition) is 3. The van der Waals surface area contributed by atoms with Crippen LogP contribution in [-0.2, 0) is 25.8 Å². The predicted molar refractivity (Wildman–Crippen MR) is 116 cm³/mol. The fourth-order valence-corrected chi connectivity index (χ4v) is 3.47. The van der Waals surface area contributed by atoms with Crippen molar-refractivity contribution in [3.05, 3.63) is 106 Å². The maximum Gasteiger partial charge on any atom is 0.435 e. The molecule has 0 aliphatic carbocycles. The average molecular weight is 471 g/mol. The quantitative estimate of drug-likeness (QED) is 0.402. The lowest BCUT2D eigenvalue weighted by Crippen LogP contribution is -2.25. The van der Waals surface area contributed by atoms with E-state index in [2.05, 4.69) is 15.5 Å². The van der Waals surface area contributed by atoms with Crippen LogP contribution in [0.3, 0.4) is 0 Å². The predicted octanol–water partition coefficient (Wildman–Crippen LogP) is 4.57. The molecule has 0 atom stereocenters. The van der Waals surface area contributed by atoms with Gasteiger partial charge in [-0.15, -0.1) is 0 Å². The van der Waals surface area contributed by atoms with Crippen LogP contribution in [0.1, 0.15) is 38.3 Å². The van der Waals surface area contributed by atoms with E-state index in [1.54, 1.807) is 29.1 Å². The van der Waals surface area contributed by atoms with Crippen molar-refractivity contribution in [2.75, 3.05) is 0 Å². The Morgan fingerprint density at radius 3 is 2.21 bits per heavy atom. The van der Waals surface area contributed by atoms with E-state index in [4.69, 9.17) is 0 Å². The number of carbonyl (C=O) groups is 1. The van der Waals surface area contributed by atoms with Crippen LogP contribution in [0.5, 0.6) is 0 Å². The first-order valence-electron chi connectivity index (χ1n) is 10.4. The van der Waals surface area contributed by atoms with Crippen molar-refractivity contribution >= 4 is 5.91 Å². The summed E-state index contributed by atoms with van der Waals surface area (Å²) >= 11 is 0. The van der Waals surface area contributed by atoms with Crippen LogP contribution in [0.25, 0.3) is 0 Å². The zero-order chi connectivity index (χ0) is 24.3. The normalized spacial score (nSPS) is 11.6. The molecule has 10 heteroatoms. The van der Waals surface area contributed by atoms with Gasteiger partial charge >= 0.3 is 6.18 Å². The third-order valence-electron chi connectivity index (χ3n) is 5.15. The molecular weight excluding hydrogens is 450 g/mol. The Kier molecular flexibility index (Phi) is 6.49. The molecule has 1 amide bonds. The number of carbonyl (C=O) groups excluding carboxylic acids is 1. The molecule has 34 heavy (non-hydrogen) atoms. The molecule has 0 aliphatic heterocycles. The summed E-state index contributed by atoms with van der Waals surface area (Å²) in [4.78, 5) is 12.5. The Balaban J connectivity index is 1.48. The lowest BCUT2D eigenvalue weighted by atomic mass is 10.1. The molecule has 2 aromatic heterocycles. The molecule has 0 saturated heterocycles. The van der Waals surface area contributed by atoms with Crippen molar-refractivity contribution in [1.82, 2.24) is 24.9 Å². The highest BCUT2D eigenvalue weighted by Gasteiger charge is 2.39. The van der Waals surface area contributed by atoms with E-state index in [1.165, 1.54) is 18.2 Å². The van der Waals surface area contributed by atoms with Crippen LogP contribution in [0, 0.1) is 12.7 Å². The molecule has 0 spiro atoms. The highest BCUT2D eigenvalue weighted by atomic mass is 19.4. The molecule has 2 heterocycles. The number of benzene rings is 2. The summed E-state index contributed by atoms with van der Waals surface area (Å²) in [5, 5.41) is 10.2. The number of rotatable bonds is 7. The van der Waals surface area contributed by atoms with Crippen molar-refractivity contribution in [1.29, 1.82) is 0 Å². The van der Waals surface area contributed by atoms with E-state index in [9.17, 15) is 22.4 Å². The molecule has 0 fully saturated rings. The van der Waals surface area contributed by atoms with Gasteiger partial charge in [0.1, 0.15) is 5.82 Å². The Bertz CT molecular complexity index is 1290. The Labute approximate surface area is 192 Å². The number of amides is 1. The fourth-order valence-electron chi connectivity index (χ4n) is 3.47. The molecule has 176 valence electrons. The number of alkyl halides is 3. The van der Waals surface area contributed by atoms with Gasteiger partial charge in [0.25, 0.3) is 5.91 Å². The fraction of sp³-hybridized carbons (Fsp3) is 0.208. The first-order chi connectivity index (χ1) is 16.2. The number of aryl methyl sites for hydroxylation is 1. The van der Waals surface area contributed by atoms with Gasteiger partial charge in [0.05, 0.1) is 24.8 Å². The molecule has 0 saturated carbocycles. The van der Waals surface area contributed by atoms with Crippen LogP contribution in [-0.4, -0.2) is 25.5 Å². The molecule has 1 N–H and O–H groups in total. The van der Waals surface area contributed by atoms with Crippen LogP contribution in [0.15, 0.2) is 67.1 Å². The monoisotopic (exact) mass is 471 g/mol. The minimum absolute atomic E-state index is 0.0465. The van der Waals surface area contributed by atoms with Gasteiger partial charge in [0.2, 0.25) is 0 Å². The van der Waals surface area contributed by atoms with Crippen molar-refractivity contribution in [2.24, 2.45) is 0 Å². The second-order valence-corrected chi connectivity index (χ2v) is 7.89. The van der Waals surface area contributed by atoms with Gasteiger partial charge in [-0.25, -0.2) is 4.39 Å². The number of aromatic nitrogens is 4. The van der Waals surface area contributed by atoms with Crippen molar-refractivity contribution in [3.63, 3.8) is 0 Å². The molecule has 6 nitrogen and oxygen atoms in total. The summed E-state index contributed by atoms with van der Waals surface area (Å²) in [7, 11) is 0. The summed E-state index contributed by atoms with van der Waals surface area (Å²) in [5.41, 5.74) is 1.01. The van der Waals surface area contributed by atoms with E-state index in [1.807, 2.05) is 25.3 Å². The maximum absolute atomic E-state index is 13.8. The highest BCUT2D eigenvalue weighted by Crippen LogP contribution is 2.31. The van der Waals surface area contributed by atoms with Gasteiger partial charge in [-0.05, 0) is 29.7 Å². The van der Waals surface area contributed by atoms with E-state index in [-0.39, 0.29) is 18.7 Å². The second kappa shape index (κ2) is 9.50. The highest BCUT2D eigenvalue weighted by molar-refractivity contribution is 5.95. The average Bonchev–Trinajstić information content (AvgIpc) is 3.40. The third kappa shape index (κ3) is 5.51. The lowest BCUT2D eigenvalue weighted by molar-refractivity contribution is -0.141. The summed E-state index contributed by atoms with van der Waals surface area (Å²) in [6.07, 6.45) is -0.0922. The van der Waals surface area contributed by atoms with Crippen molar-refractivity contribution in [2.45, 2.75) is 32.7 Å². The lowest BCUT2D eigenvalue weighted by Gasteiger charge is -2.08. The zero-order valence-electron chi connectivity index (χ0n) is 18.2. The standard InChI is InChI=1S/C24H21F4N5O/c1-16-10-30-32(12-16)13-17-6-8-18(9-7-17)14-33-15-20(22(31-33)24(26,27)28)23(34)29-11-19-4-2-3-5-21(19)25/h2-10,12,15H,11,13-14H2,1H3,(H,29,34). The van der Waals surface area contributed by atoms with Crippen LogP contribution >= 0.6 is 0 Å². The molecule has 2 aromatic carbocycles. The molecular formula is C24H21F4N5O. The van der Waals surface area contributed by atoms with Gasteiger partial charge < -0.3 is 5.32 Å². The Hall–Kier alpha value is -3.95. The summed E-state index contributed by atoms with van der Waals surface area (Å²) in [5.74, 6) is -1.53. The van der Waals surface area contributed by atoms with Crippen LogP contribution in [0.2, 0.25) is 0 Å². The van der Waals surface area contributed by atoms with Gasteiger partial charge in [-0.1, -0.05) is 42.5 Å². The molecule has 4 rings (SSSR count). The molecule has 0 unspecified atom stereocenters. The van der Waals surface area contributed by atoms with Crippen LogP contribution < -0.4 is 5.32 Å². The van der Waals surface area contributed by atoms with E-state index in [0.717, 1.165) is 27.6 Å². The SMILES string of the molecule is Cc1cnn(Cc2ccc(Cn3cc(C(=O)NCc4ccccc4F)c(C(F)(F)F)n3)cc2)c1. The summed E-state index contributed by atoms with van der Waals surface area (Å²) in [6.45, 7) is 2.32. The van der Waals surface area contributed by atoms with E-state index < -0.39 is 29.2 Å². The Morgan fingerprint density at radius 2 is 1.62 bits per heavy atom. The molecule has 0 radical (unpaired) electrons. The Morgan fingerprint density at radius 1 is 0.971 bits per heavy atom. The first-order valence-corrected chi connectivity index (χ1v) is 10.4. The maximum atomic E-state index is 13.8. The van der Waals surface area contributed by atoms with Gasteiger partial charge in [-0.2, -0.15) is 23.4 Å². The smallest absolute Gasteiger partial charge is 0.348 e. The van der Waals surface area contributed by atoms with Gasteiger partial charge in [0, 0.05) is 24.5 Å². The number of hydrogen-bond donors (Lipinski definition) is 1. The molecule has 0 aliphatic rings. The second-order valence-electron chi connectivity index (χ2n) is 7.89. The number of nitrogens with one attached hydrogen (secondary N) is 1. The van der Waals surface area contributed by atoms with Crippen molar-refractivity contribution < 1.29 is 22.4 Å². The van der Waals surface area contributed by atoms with E-state index >= 15 is 0 Å². The zero-order valence-corrected chi connectivity index (χ0v) is 18.2. The number of halogens is 4. The van der Waals surface area contributed by atoms with Gasteiger partial charge in [-0.3, -0.25) is 14.2 Å². The van der Waals surface area contributed by atoms with Crippen LogP contribution in [0.4, 0.5) is 17.6 Å². The largest absolute Gasteiger partial charge is 0.435 e. The number of nitrogens with zero attached hydrogens (tertiary/aromatic N) is 4. The van der Waals surface area contributed by atoms with Crippen molar-refractivity contribution in [3.8, 4) is 0 Å². The van der Waals surface area contributed by atoms with Gasteiger partial charge in [0.15, 0.2) is 5.69 Å². The minimum Gasteiger partial charge on any atom is -0.348 e. The topological polar surface area (TPSA) is 64.7 Å².